The molecule has 3 aromatic rings. The van der Waals surface area contributed by atoms with Crippen LogP contribution in [0.15, 0.2) is 53.3 Å². The molecule has 2 aromatic carbocycles. The van der Waals surface area contributed by atoms with Crippen LogP contribution in [0.2, 0.25) is 0 Å². The molecule has 2 heterocycles. The standard InChI is InChI=1S/C21H19FN4O4/c22-16-9-7-14(8-10-16)19(27)25-11-3-4-15(12-25)21(29)30-13-26-20(28)17-5-1-2-6-18(17)23-24-26/h1-2,5-10,15H,3-4,11-13H2. The van der Waals surface area contributed by atoms with Crippen molar-refractivity contribution < 1.29 is 18.7 Å². The number of fused-ring (bicyclic) bond motifs is 1. The Morgan fingerprint density at radius 3 is 2.70 bits per heavy atom. The quantitative estimate of drug-likeness (QED) is 0.611. The first kappa shape index (κ1) is 19.7. The number of amides is 1. The summed E-state index contributed by atoms with van der Waals surface area (Å²) in [5.74, 6) is -1.69. The molecule has 0 N–H and O–H groups in total. The van der Waals surface area contributed by atoms with Gasteiger partial charge in [0, 0.05) is 18.7 Å². The zero-order valence-corrected chi connectivity index (χ0v) is 16.0. The van der Waals surface area contributed by atoms with Crippen molar-refractivity contribution in [3.05, 3.63) is 70.3 Å². The van der Waals surface area contributed by atoms with Gasteiger partial charge in [0.05, 0.1) is 11.3 Å². The zero-order valence-electron chi connectivity index (χ0n) is 16.0. The van der Waals surface area contributed by atoms with E-state index in [0.29, 0.717) is 35.9 Å². The van der Waals surface area contributed by atoms with Crippen LogP contribution in [0, 0.1) is 11.7 Å². The van der Waals surface area contributed by atoms with Crippen molar-refractivity contribution in [1.29, 1.82) is 0 Å². The lowest BCUT2D eigenvalue weighted by Gasteiger charge is -2.31. The summed E-state index contributed by atoms with van der Waals surface area (Å²) in [5, 5.41) is 8.13. The third kappa shape index (κ3) is 4.05. The van der Waals surface area contributed by atoms with Crippen molar-refractivity contribution in [2.24, 2.45) is 5.92 Å². The minimum Gasteiger partial charge on any atom is -0.442 e. The average molecular weight is 410 g/mol. The molecule has 1 aliphatic heterocycles. The number of aromatic nitrogens is 3. The predicted molar refractivity (Wildman–Crippen MR) is 105 cm³/mol. The number of hydrogen-bond acceptors (Lipinski definition) is 6. The molecule has 30 heavy (non-hydrogen) atoms. The summed E-state index contributed by atoms with van der Waals surface area (Å²) in [4.78, 5) is 39.1. The Bertz CT molecular complexity index is 1150. The van der Waals surface area contributed by atoms with Gasteiger partial charge in [-0.3, -0.25) is 14.4 Å². The number of likely N-dealkylation sites (tertiary alicyclic amines) is 1. The normalized spacial score (nSPS) is 16.4. The van der Waals surface area contributed by atoms with Crippen LogP contribution < -0.4 is 5.56 Å². The average Bonchev–Trinajstić information content (AvgIpc) is 2.79. The van der Waals surface area contributed by atoms with Crippen molar-refractivity contribution in [3.63, 3.8) is 0 Å². The number of hydrogen-bond donors (Lipinski definition) is 0. The fourth-order valence-electron chi connectivity index (χ4n) is 3.48. The van der Waals surface area contributed by atoms with Crippen molar-refractivity contribution in [2.45, 2.75) is 19.6 Å². The van der Waals surface area contributed by atoms with Gasteiger partial charge in [-0.25, -0.2) is 4.39 Å². The van der Waals surface area contributed by atoms with Gasteiger partial charge in [0.25, 0.3) is 11.5 Å². The first-order valence-electron chi connectivity index (χ1n) is 9.57. The third-order valence-electron chi connectivity index (χ3n) is 5.09. The van der Waals surface area contributed by atoms with Gasteiger partial charge in [-0.1, -0.05) is 17.3 Å². The molecule has 0 saturated carbocycles. The summed E-state index contributed by atoms with van der Waals surface area (Å²) in [5.41, 5.74) is 0.431. The zero-order chi connectivity index (χ0) is 21.1. The monoisotopic (exact) mass is 410 g/mol. The number of carbonyl (C=O) groups excluding carboxylic acids is 2. The van der Waals surface area contributed by atoms with Gasteiger partial charge in [-0.05, 0) is 49.2 Å². The fraction of sp³-hybridized carbons (Fsp3) is 0.286. The Morgan fingerprint density at radius 1 is 1.13 bits per heavy atom. The van der Waals surface area contributed by atoms with Crippen LogP contribution in [0.25, 0.3) is 10.9 Å². The molecular formula is C21H19FN4O4. The van der Waals surface area contributed by atoms with Gasteiger partial charge < -0.3 is 9.64 Å². The number of ether oxygens (including phenoxy) is 1. The second-order valence-electron chi connectivity index (χ2n) is 7.10. The third-order valence-corrected chi connectivity index (χ3v) is 5.09. The smallest absolute Gasteiger partial charge is 0.312 e. The molecule has 4 rings (SSSR count). The Labute approximate surface area is 170 Å². The van der Waals surface area contributed by atoms with E-state index in [4.69, 9.17) is 4.74 Å². The topological polar surface area (TPSA) is 94.4 Å². The van der Waals surface area contributed by atoms with Crippen molar-refractivity contribution in [1.82, 2.24) is 19.9 Å². The number of benzene rings is 2. The number of piperidine rings is 1. The first-order chi connectivity index (χ1) is 14.5. The maximum Gasteiger partial charge on any atom is 0.312 e. The second-order valence-corrected chi connectivity index (χ2v) is 7.10. The van der Waals surface area contributed by atoms with E-state index >= 15 is 0 Å². The molecule has 1 atom stereocenters. The highest BCUT2D eigenvalue weighted by molar-refractivity contribution is 5.94. The van der Waals surface area contributed by atoms with E-state index in [-0.39, 0.29) is 19.2 Å². The second kappa shape index (κ2) is 8.40. The van der Waals surface area contributed by atoms with Crippen LogP contribution in [0.5, 0.6) is 0 Å². The minimum atomic E-state index is -0.507. The van der Waals surface area contributed by atoms with Gasteiger partial charge in [-0.15, -0.1) is 5.10 Å². The largest absolute Gasteiger partial charge is 0.442 e. The molecule has 0 radical (unpaired) electrons. The van der Waals surface area contributed by atoms with Gasteiger partial charge in [0.2, 0.25) is 0 Å². The summed E-state index contributed by atoms with van der Waals surface area (Å²) >= 11 is 0. The fourth-order valence-corrected chi connectivity index (χ4v) is 3.48. The number of nitrogens with zero attached hydrogens (tertiary/aromatic N) is 4. The van der Waals surface area contributed by atoms with Crippen molar-refractivity contribution >= 4 is 22.8 Å². The number of carbonyl (C=O) groups is 2. The summed E-state index contributed by atoms with van der Waals surface area (Å²) in [6.45, 7) is 0.362. The van der Waals surface area contributed by atoms with E-state index in [9.17, 15) is 18.8 Å². The molecule has 0 bridgehead atoms. The molecule has 8 nitrogen and oxygen atoms in total. The van der Waals surface area contributed by atoms with Crippen LogP contribution in [0.1, 0.15) is 23.2 Å². The summed E-state index contributed by atoms with van der Waals surface area (Å²) in [6.07, 6.45) is 1.22. The highest BCUT2D eigenvalue weighted by atomic mass is 19.1. The Morgan fingerprint density at radius 2 is 1.90 bits per heavy atom. The van der Waals surface area contributed by atoms with Crippen LogP contribution in [0.4, 0.5) is 4.39 Å². The lowest BCUT2D eigenvalue weighted by atomic mass is 9.97. The van der Waals surface area contributed by atoms with E-state index in [2.05, 4.69) is 10.3 Å². The summed E-state index contributed by atoms with van der Waals surface area (Å²) in [7, 11) is 0. The molecule has 1 aromatic heterocycles. The first-order valence-corrected chi connectivity index (χ1v) is 9.57. The molecule has 1 saturated heterocycles. The lowest BCUT2D eigenvalue weighted by Crippen LogP contribution is -2.43. The minimum absolute atomic E-state index is 0.202. The Hall–Kier alpha value is -3.62. The number of rotatable bonds is 4. The van der Waals surface area contributed by atoms with Crippen molar-refractivity contribution in [2.75, 3.05) is 13.1 Å². The van der Waals surface area contributed by atoms with Crippen LogP contribution in [-0.4, -0.2) is 44.9 Å². The SMILES string of the molecule is O=C(OCn1nnc2ccccc2c1=O)C1CCCN(C(=O)c2ccc(F)cc2)C1. The molecular weight excluding hydrogens is 391 g/mol. The summed E-state index contributed by atoms with van der Waals surface area (Å²) in [6, 6.07) is 12.1. The van der Waals surface area contributed by atoms with Gasteiger partial charge in [0.15, 0.2) is 6.73 Å². The van der Waals surface area contributed by atoms with Gasteiger partial charge >= 0.3 is 5.97 Å². The number of esters is 1. The summed E-state index contributed by atoms with van der Waals surface area (Å²) < 4.78 is 19.4. The molecule has 1 amide bonds. The Kier molecular flexibility index (Phi) is 5.51. The highest BCUT2D eigenvalue weighted by Crippen LogP contribution is 2.20. The van der Waals surface area contributed by atoms with Crippen LogP contribution >= 0.6 is 0 Å². The van der Waals surface area contributed by atoms with Crippen LogP contribution in [0.3, 0.4) is 0 Å². The molecule has 1 unspecified atom stereocenters. The van der Waals surface area contributed by atoms with E-state index in [1.54, 1.807) is 29.2 Å². The Balaban J connectivity index is 1.40. The lowest BCUT2D eigenvalue weighted by molar-refractivity contribution is -0.154. The highest BCUT2D eigenvalue weighted by Gasteiger charge is 2.30. The van der Waals surface area contributed by atoms with E-state index in [0.717, 1.165) is 4.68 Å². The van der Waals surface area contributed by atoms with Gasteiger partial charge in [0.1, 0.15) is 11.3 Å². The predicted octanol–water partition coefficient (Wildman–Crippen LogP) is 1.98. The molecule has 1 aliphatic rings. The van der Waals surface area contributed by atoms with Crippen LogP contribution in [-0.2, 0) is 16.3 Å². The molecule has 1 fully saturated rings. The molecule has 154 valence electrons. The van der Waals surface area contributed by atoms with E-state index in [1.165, 1.54) is 24.3 Å². The number of halogens is 1. The molecule has 9 heteroatoms. The maximum atomic E-state index is 13.1. The molecule has 0 spiro atoms. The van der Waals surface area contributed by atoms with Gasteiger partial charge in [-0.2, -0.15) is 4.68 Å². The maximum absolute atomic E-state index is 13.1. The van der Waals surface area contributed by atoms with E-state index in [1.807, 2.05) is 0 Å². The molecule has 0 aliphatic carbocycles. The van der Waals surface area contributed by atoms with Crippen molar-refractivity contribution in [3.8, 4) is 0 Å². The van der Waals surface area contributed by atoms with E-state index < -0.39 is 23.3 Å².